The Balaban J connectivity index is 1.86. The highest BCUT2D eigenvalue weighted by atomic mass is 16.5. The van der Waals surface area contributed by atoms with Crippen molar-refractivity contribution in [3.63, 3.8) is 0 Å². The van der Waals surface area contributed by atoms with Crippen LogP contribution < -0.4 is 11.1 Å². The number of anilines is 1. The van der Waals surface area contributed by atoms with Crippen LogP contribution in [-0.4, -0.2) is 25.2 Å². The summed E-state index contributed by atoms with van der Waals surface area (Å²) in [7, 11) is 0. The summed E-state index contributed by atoms with van der Waals surface area (Å²) in [6.07, 6.45) is 2.53. The lowest BCUT2D eigenvalue weighted by Gasteiger charge is -2.09. The fourth-order valence-electron chi connectivity index (χ4n) is 2.01. The second kappa shape index (κ2) is 6.93. The molecule has 0 bridgehead atoms. The Hall–Kier alpha value is -1.83. The minimum absolute atomic E-state index is 0.00677. The second-order valence-electron chi connectivity index (χ2n) is 4.47. The van der Waals surface area contributed by atoms with E-state index in [4.69, 9.17) is 10.5 Å². The van der Waals surface area contributed by atoms with Crippen molar-refractivity contribution in [1.29, 1.82) is 0 Å². The first-order valence-electron chi connectivity index (χ1n) is 6.48. The Labute approximate surface area is 113 Å². The van der Waals surface area contributed by atoms with E-state index in [2.05, 4.69) is 17.2 Å². The van der Waals surface area contributed by atoms with E-state index in [1.807, 2.05) is 24.3 Å². The van der Waals surface area contributed by atoms with E-state index in [-0.39, 0.29) is 12.0 Å². The molecule has 1 amide bonds. The molecule has 0 saturated carbocycles. The zero-order valence-corrected chi connectivity index (χ0v) is 10.8. The first-order chi connectivity index (χ1) is 9.28. The van der Waals surface area contributed by atoms with Gasteiger partial charge in [0.05, 0.1) is 19.1 Å². The van der Waals surface area contributed by atoms with Crippen LogP contribution in [0, 0.1) is 11.8 Å². The average molecular weight is 258 g/mol. The van der Waals surface area contributed by atoms with Gasteiger partial charge in [0.1, 0.15) is 0 Å². The van der Waals surface area contributed by atoms with Gasteiger partial charge in [0, 0.05) is 17.9 Å². The zero-order chi connectivity index (χ0) is 13.5. The maximum atomic E-state index is 11.8. The van der Waals surface area contributed by atoms with Gasteiger partial charge < -0.3 is 15.8 Å². The summed E-state index contributed by atoms with van der Waals surface area (Å²) < 4.78 is 5.43. The summed E-state index contributed by atoms with van der Waals surface area (Å²) in [6.45, 7) is 1.12. The van der Waals surface area contributed by atoms with Crippen molar-refractivity contribution in [2.75, 3.05) is 18.5 Å². The van der Waals surface area contributed by atoms with Gasteiger partial charge in [-0.05, 0) is 37.1 Å². The zero-order valence-electron chi connectivity index (χ0n) is 10.8. The molecule has 19 heavy (non-hydrogen) atoms. The van der Waals surface area contributed by atoms with E-state index in [1.165, 1.54) is 0 Å². The van der Waals surface area contributed by atoms with E-state index in [0.717, 1.165) is 30.7 Å². The molecule has 4 heteroatoms. The summed E-state index contributed by atoms with van der Waals surface area (Å²) in [6, 6.07) is 7.41. The summed E-state index contributed by atoms with van der Waals surface area (Å²) in [5, 5.41) is 2.86. The number of nitrogens with one attached hydrogen (secondary N) is 1. The summed E-state index contributed by atoms with van der Waals surface area (Å²) >= 11 is 0. The van der Waals surface area contributed by atoms with Gasteiger partial charge in [0.2, 0.25) is 5.91 Å². The lowest BCUT2D eigenvalue weighted by molar-refractivity contribution is -0.118. The van der Waals surface area contributed by atoms with Crippen LogP contribution in [0.2, 0.25) is 0 Å². The minimum Gasteiger partial charge on any atom is -0.378 e. The van der Waals surface area contributed by atoms with Crippen molar-refractivity contribution in [3.05, 3.63) is 29.8 Å². The lowest BCUT2D eigenvalue weighted by Crippen LogP contribution is -2.19. The first-order valence-corrected chi connectivity index (χ1v) is 6.48. The van der Waals surface area contributed by atoms with Crippen molar-refractivity contribution < 1.29 is 9.53 Å². The third-order valence-electron chi connectivity index (χ3n) is 2.94. The van der Waals surface area contributed by atoms with E-state index in [0.29, 0.717) is 13.0 Å². The number of hydrogen-bond acceptors (Lipinski definition) is 3. The minimum atomic E-state index is -0.00677. The van der Waals surface area contributed by atoms with Crippen LogP contribution in [0.25, 0.3) is 0 Å². The van der Waals surface area contributed by atoms with Crippen molar-refractivity contribution in [1.82, 2.24) is 0 Å². The molecule has 2 rings (SSSR count). The van der Waals surface area contributed by atoms with Crippen LogP contribution in [0.15, 0.2) is 24.3 Å². The fourth-order valence-corrected chi connectivity index (χ4v) is 2.01. The molecule has 1 saturated heterocycles. The number of benzene rings is 1. The van der Waals surface area contributed by atoms with Gasteiger partial charge in [-0.2, -0.15) is 0 Å². The molecule has 1 unspecified atom stereocenters. The Morgan fingerprint density at radius 1 is 1.42 bits per heavy atom. The molecule has 4 nitrogen and oxygen atoms in total. The number of ether oxygens (including phenoxy) is 1. The van der Waals surface area contributed by atoms with Crippen LogP contribution in [0.1, 0.15) is 24.8 Å². The molecule has 1 aromatic carbocycles. The Morgan fingerprint density at radius 3 is 2.84 bits per heavy atom. The summed E-state index contributed by atoms with van der Waals surface area (Å²) in [5.74, 6) is 5.72. The third kappa shape index (κ3) is 4.40. The highest BCUT2D eigenvalue weighted by Gasteiger charge is 2.18. The van der Waals surface area contributed by atoms with Crippen molar-refractivity contribution >= 4 is 11.6 Å². The number of carbonyl (C=O) groups excluding carboxylic acids is 1. The van der Waals surface area contributed by atoms with E-state index in [9.17, 15) is 4.79 Å². The Morgan fingerprint density at radius 2 is 2.21 bits per heavy atom. The fraction of sp³-hybridized carbons (Fsp3) is 0.400. The largest absolute Gasteiger partial charge is 0.378 e. The quantitative estimate of drug-likeness (QED) is 0.808. The van der Waals surface area contributed by atoms with Crippen LogP contribution in [0.5, 0.6) is 0 Å². The molecular formula is C15H18N2O2. The van der Waals surface area contributed by atoms with E-state index >= 15 is 0 Å². The van der Waals surface area contributed by atoms with Gasteiger partial charge >= 0.3 is 0 Å². The van der Waals surface area contributed by atoms with Gasteiger partial charge in [0.25, 0.3) is 0 Å². The number of nitrogens with two attached hydrogens (primary N) is 1. The number of carbonyl (C=O) groups is 1. The molecule has 1 aromatic rings. The summed E-state index contributed by atoms with van der Waals surface area (Å²) in [5.41, 5.74) is 6.98. The first kappa shape index (κ1) is 13.6. The molecule has 1 aliphatic heterocycles. The maximum Gasteiger partial charge on any atom is 0.226 e. The van der Waals surface area contributed by atoms with Crippen LogP contribution >= 0.6 is 0 Å². The number of amides is 1. The van der Waals surface area contributed by atoms with Gasteiger partial charge in [0.15, 0.2) is 0 Å². The topological polar surface area (TPSA) is 64.3 Å². The van der Waals surface area contributed by atoms with E-state index < -0.39 is 0 Å². The molecular weight excluding hydrogens is 240 g/mol. The Kier molecular flexibility index (Phi) is 4.96. The lowest BCUT2D eigenvalue weighted by atomic mass is 10.1. The monoisotopic (exact) mass is 258 g/mol. The van der Waals surface area contributed by atoms with Crippen LogP contribution in [0.4, 0.5) is 5.69 Å². The normalized spacial score (nSPS) is 17.6. The van der Waals surface area contributed by atoms with E-state index in [1.54, 1.807) is 0 Å². The molecule has 0 aliphatic carbocycles. The van der Waals surface area contributed by atoms with Crippen molar-refractivity contribution in [2.24, 2.45) is 5.73 Å². The molecule has 1 fully saturated rings. The molecule has 1 heterocycles. The molecule has 1 aliphatic rings. The van der Waals surface area contributed by atoms with Gasteiger partial charge in [-0.25, -0.2) is 0 Å². The number of hydrogen-bond donors (Lipinski definition) is 2. The standard InChI is InChI=1S/C15H18N2O2/c16-9-1-3-12-5-7-13(8-6-12)17-15(18)11-14-4-2-10-19-14/h5-8,14H,2,4,9-11,16H2,(H,17,18). The van der Waals surface area contributed by atoms with Gasteiger partial charge in [-0.15, -0.1) is 0 Å². The second-order valence-corrected chi connectivity index (χ2v) is 4.47. The SMILES string of the molecule is NCC#Cc1ccc(NC(=O)CC2CCCO2)cc1. The highest BCUT2D eigenvalue weighted by Crippen LogP contribution is 2.16. The summed E-state index contributed by atoms with van der Waals surface area (Å²) in [4.78, 5) is 11.8. The van der Waals surface area contributed by atoms with Gasteiger partial charge in [-0.1, -0.05) is 11.8 Å². The maximum absolute atomic E-state index is 11.8. The molecule has 100 valence electrons. The molecule has 0 aromatic heterocycles. The predicted octanol–water partition coefficient (Wildman–Crippen LogP) is 1.50. The smallest absolute Gasteiger partial charge is 0.226 e. The average Bonchev–Trinajstić information content (AvgIpc) is 2.90. The molecule has 3 N–H and O–H groups in total. The van der Waals surface area contributed by atoms with Crippen molar-refractivity contribution in [2.45, 2.75) is 25.4 Å². The molecule has 1 atom stereocenters. The number of rotatable bonds is 3. The van der Waals surface area contributed by atoms with Crippen LogP contribution in [-0.2, 0) is 9.53 Å². The molecule has 0 radical (unpaired) electrons. The Bertz CT molecular complexity index is 479. The van der Waals surface area contributed by atoms with Crippen LogP contribution in [0.3, 0.4) is 0 Å². The highest BCUT2D eigenvalue weighted by molar-refractivity contribution is 5.91. The van der Waals surface area contributed by atoms with Gasteiger partial charge in [-0.3, -0.25) is 4.79 Å². The van der Waals surface area contributed by atoms with Crippen molar-refractivity contribution in [3.8, 4) is 11.8 Å². The molecule has 0 spiro atoms. The predicted molar refractivity (Wildman–Crippen MR) is 74.6 cm³/mol. The third-order valence-corrected chi connectivity index (χ3v) is 2.94.